The summed E-state index contributed by atoms with van der Waals surface area (Å²) in [6.07, 6.45) is -4.90. The van der Waals surface area contributed by atoms with E-state index in [4.69, 9.17) is 15.2 Å². The summed E-state index contributed by atoms with van der Waals surface area (Å²) in [5.74, 6) is 0.0949. The Kier molecular flexibility index (Phi) is 5.43. The Morgan fingerprint density at radius 1 is 1.15 bits per heavy atom. The molecule has 0 saturated carbocycles. The van der Waals surface area contributed by atoms with Crippen molar-refractivity contribution in [3.8, 4) is 5.75 Å². The van der Waals surface area contributed by atoms with Crippen molar-refractivity contribution in [1.82, 2.24) is 4.90 Å². The zero-order chi connectivity index (χ0) is 19.4. The van der Waals surface area contributed by atoms with Gasteiger partial charge in [0.25, 0.3) is 0 Å². The molecule has 1 amide bonds. The van der Waals surface area contributed by atoms with Gasteiger partial charge in [-0.3, -0.25) is 0 Å². The molecule has 2 aromatic rings. The number of nitrogens with two attached hydrogens (primary N) is 1. The van der Waals surface area contributed by atoms with E-state index < -0.39 is 17.8 Å². The van der Waals surface area contributed by atoms with Crippen molar-refractivity contribution in [2.45, 2.75) is 12.8 Å². The van der Waals surface area contributed by atoms with E-state index in [1.807, 2.05) is 30.3 Å². The van der Waals surface area contributed by atoms with Crippen molar-refractivity contribution < 1.29 is 27.4 Å². The number of amides is 1. The molecular weight excluding hydrogens is 361 g/mol. The predicted octanol–water partition coefficient (Wildman–Crippen LogP) is 3.94. The van der Waals surface area contributed by atoms with Crippen LogP contribution in [0, 0.1) is 5.92 Å². The maximum Gasteiger partial charge on any atom is 0.416 e. The van der Waals surface area contributed by atoms with E-state index in [0.29, 0.717) is 13.1 Å². The van der Waals surface area contributed by atoms with Gasteiger partial charge >= 0.3 is 12.3 Å². The van der Waals surface area contributed by atoms with Gasteiger partial charge in [-0.15, -0.1) is 0 Å². The zero-order valence-electron chi connectivity index (χ0n) is 14.4. The number of ether oxygens (including phenoxy) is 2. The molecule has 1 aliphatic rings. The Balaban J connectivity index is 1.43. The monoisotopic (exact) mass is 380 g/mol. The molecule has 0 spiro atoms. The molecule has 1 saturated heterocycles. The molecule has 1 heterocycles. The normalized spacial score (nSPS) is 14.6. The van der Waals surface area contributed by atoms with E-state index in [2.05, 4.69) is 0 Å². The van der Waals surface area contributed by atoms with Crippen molar-refractivity contribution in [3.63, 3.8) is 0 Å². The van der Waals surface area contributed by atoms with Gasteiger partial charge in [0.1, 0.15) is 12.4 Å². The van der Waals surface area contributed by atoms with E-state index >= 15 is 0 Å². The molecule has 0 bridgehead atoms. The lowest BCUT2D eigenvalue weighted by molar-refractivity contribution is -0.137. The molecular formula is C19H19F3N2O3. The van der Waals surface area contributed by atoms with Gasteiger partial charge < -0.3 is 20.1 Å². The highest BCUT2D eigenvalue weighted by Crippen LogP contribution is 2.33. The molecule has 2 aromatic carbocycles. The molecule has 1 aliphatic heterocycles. The second-order valence-corrected chi connectivity index (χ2v) is 6.41. The number of carbonyl (C=O) groups is 1. The molecule has 5 nitrogen and oxygen atoms in total. The molecule has 8 heteroatoms. The van der Waals surface area contributed by atoms with Crippen LogP contribution in [0.2, 0.25) is 0 Å². The highest BCUT2D eigenvalue weighted by molar-refractivity contribution is 5.68. The Labute approximate surface area is 154 Å². The first-order chi connectivity index (χ1) is 12.8. The first-order valence-electron chi connectivity index (χ1n) is 8.37. The molecule has 2 N–H and O–H groups in total. The number of anilines is 1. The van der Waals surface area contributed by atoms with Gasteiger partial charge in [-0.2, -0.15) is 13.2 Å². The van der Waals surface area contributed by atoms with E-state index in [0.717, 1.165) is 17.7 Å². The fraction of sp³-hybridized carbons (Fsp3) is 0.316. The number of hydrogen-bond acceptors (Lipinski definition) is 4. The first-order valence-corrected chi connectivity index (χ1v) is 8.37. The first kappa shape index (κ1) is 18.9. The Bertz CT molecular complexity index is 791. The van der Waals surface area contributed by atoms with Crippen LogP contribution in [-0.2, 0) is 17.5 Å². The van der Waals surface area contributed by atoms with E-state index in [-0.39, 0.29) is 30.6 Å². The lowest BCUT2D eigenvalue weighted by Crippen LogP contribution is -2.52. The van der Waals surface area contributed by atoms with Crippen LogP contribution in [0.15, 0.2) is 48.5 Å². The summed E-state index contributed by atoms with van der Waals surface area (Å²) in [5, 5.41) is 0. The summed E-state index contributed by atoms with van der Waals surface area (Å²) >= 11 is 0. The van der Waals surface area contributed by atoms with Gasteiger partial charge in [-0.05, 0) is 17.7 Å². The van der Waals surface area contributed by atoms with Gasteiger partial charge in [-0.25, -0.2) is 4.79 Å². The third-order valence-corrected chi connectivity index (χ3v) is 4.16. The SMILES string of the molecule is Nc1cc(OCC2CN(C(=O)OCc3ccccc3)C2)cc(C(F)(F)F)c1. The summed E-state index contributed by atoms with van der Waals surface area (Å²) in [4.78, 5) is 13.5. The van der Waals surface area contributed by atoms with Crippen LogP contribution in [0.5, 0.6) is 5.75 Å². The van der Waals surface area contributed by atoms with Gasteiger partial charge in [0.05, 0.1) is 12.2 Å². The van der Waals surface area contributed by atoms with Crippen LogP contribution in [0.4, 0.5) is 23.7 Å². The number of rotatable bonds is 5. The third-order valence-electron chi connectivity index (χ3n) is 4.16. The van der Waals surface area contributed by atoms with E-state index in [9.17, 15) is 18.0 Å². The molecule has 0 radical (unpaired) electrons. The average Bonchev–Trinajstić information content (AvgIpc) is 2.58. The summed E-state index contributed by atoms with van der Waals surface area (Å²) in [6.45, 7) is 1.26. The average molecular weight is 380 g/mol. The summed E-state index contributed by atoms with van der Waals surface area (Å²) < 4.78 is 49.0. The lowest BCUT2D eigenvalue weighted by Gasteiger charge is -2.38. The van der Waals surface area contributed by atoms with Gasteiger partial charge in [0.2, 0.25) is 0 Å². The second-order valence-electron chi connectivity index (χ2n) is 6.41. The minimum absolute atomic E-state index is 0.0143. The second kappa shape index (κ2) is 7.77. The molecule has 27 heavy (non-hydrogen) atoms. The number of hydrogen-bond donors (Lipinski definition) is 1. The Morgan fingerprint density at radius 3 is 2.52 bits per heavy atom. The Morgan fingerprint density at radius 2 is 1.85 bits per heavy atom. The third kappa shape index (κ3) is 5.06. The number of nitrogens with zero attached hydrogens (tertiary/aromatic N) is 1. The van der Waals surface area contributed by atoms with Gasteiger partial charge in [0, 0.05) is 30.8 Å². The largest absolute Gasteiger partial charge is 0.493 e. The minimum Gasteiger partial charge on any atom is -0.493 e. The van der Waals surface area contributed by atoms with Crippen molar-refractivity contribution >= 4 is 11.8 Å². The number of carbonyl (C=O) groups excluding carboxylic acids is 1. The van der Waals surface area contributed by atoms with Crippen LogP contribution in [0.25, 0.3) is 0 Å². The summed E-state index contributed by atoms with van der Waals surface area (Å²) in [6, 6.07) is 12.5. The van der Waals surface area contributed by atoms with Gasteiger partial charge in [0.15, 0.2) is 0 Å². The molecule has 3 rings (SSSR count). The summed E-state index contributed by atoms with van der Waals surface area (Å²) in [5.41, 5.74) is 5.54. The molecule has 0 unspecified atom stereocenters. The molecule has 0 aromatic heterocycles. The number of alkyl halides is 3. The van der Waals surface area contributed by atoms with E-state index in [1.165, 1.54) is 11.0 Å². The Hall–Kier alpha value is -2.90. The maximum atomic E-state index is 12.8. The predicted molar refractivity (Wildman–Crippen MR) is 93.0 cm³/mol. The number of likely N-dealkylation sites (tertiary alicyclic amines) is 1. The van der Waals surface area contributed by atoms with Crippen LogP contribution >= 0.6 is 0 Å². The molecule has 1 fully saturated rings. The highest BCUT2D eigenvalue weighted by Gasteiger charge is 2.33. The fourth-order valence-corrected chi connectivity index (χ4v) is 2.72. The highest BCUT2D eigenvalue weighted by atomic mass is 19.4. The van der Waals surface area contributed by atoms with Crippen LogP contribution < -0.4 is 10.5 Å². The summed E-state index contributed by atoms with van der Waals surface area (Å²) in [7, 11) is 0. The number of benzene rings is 2. The van der Waals surface area contributed by atoms with E-state index in [1.54, 1.807) is 0 Å². The molecule has 144 valence electrons. The molecule has 0 atom stereocenters. The smallest absolute Gasteiger partial charge is 0.416 e. The van der Waals surface area contributed by atoms with Crippen molar-refractivity contribution in [2.24, 2.45) is 5.92 Å². The standard InChI is InChI=1S/C19H19F3N2O3/c20-19(21,22)15-6-16(23)8-17(7-15)26-12-14-9-24(10-14)18(25)27-11-13-4-2-1-3-5-13/h1-8,14H,9-12,23H2. The van der Waals surface area contributed by atoms with Crippen molar-refractivity contribution in [1.29, 1.82) is 0 Å². The minimum atomic E-state index is -4.48. The zero-order valence-corrected chi connectivity index (χ0v) is 14.4. The van der Waals surface area contributed by atoms with Crippen LogP contribution in [-0.4, -0.2) is 30.7 Å². The fourth-order valence-electron chi connectivity index (χ4n) is 2.72. The van der Waals surface area contributed by atoms with Crippen molar-refractivity contribution in [3.05, 3.63) is 59.7 Å². The maximum absolute atomic E-state index is 12.8. The van der Waals surface area contributed by atoms with Crippen molar-refractivity contribution in [2.75, 3.05) is 25.4 Å². The van der Waals surface area contributed by atoms with Crippen LogP contribution in [0.3, 0.4) is 0 Å². The lowest BCUT2D eigenvalue weighted by atomic mass is 10.0. The molecule has 0 aliphatic carbocycles. The number of halogens is 3. The van der Waals surface area contributed by atoms with Gasteiger partial charge in [-0.1, -0.05) is 30.3 Å². The number of nitrogen functional groups attached to an aromatic ring is 1. The van der Waals surface area contributed by atoms with Crippen LogP contribution in [0.1, 0.15) is 11.1 Å². The quantitative estimate of drug-likeness (QED) is 0.798. The topological polar surface area (TPSA) is 64.8 Å².